The van der Waals surface area contributed by atoms with Gasteiger partial charge in [0.05, 0.1) is 18.2 Å². The molecule has 0 saturated carbocycles. The Balaban J connectivity index is 1.51. The molecule has 0 saturated heterocycles. The SMILES string of the molecule is CN=C(NCc1ccc(C#N)cc1F)NCC1COc2ccccc2O1. The lowest BCUT2D eigenvalue weighted by Crippen LogP contribution is -2.45. The van der Waals surface area contributed by atoms with Crippen molar-refractivity contribution < 1.29 is 13.9 Å². The van der Waals surface area contributed by atoms with Crippen LogP contribution in [0.25, 0.3) is 0 Å². The van der Waals surface area contributed by atoms with Gasteiger partial charge in [-0.25, -0.2) is 4.39 Å². The predicted octanol–water partition coefficient (Wildman–Crippen LogP) is 2.20. The van der Waals surface area contributed by atoms with Gasteiger partial charge < -0.3 is 20.1 Å². The lowest BCUT2D eigenvalue weighted by molar-refractivity contribution is 0.0936. The monoisotopic (exact) mass is 354 g/mol. The number of hydrogen-bond donors (Lipinski definition) is 2. The molecule has 0 amide bonds. The molecule has 2 aromatic carbocycles. The van der Waals surface area contributed by atoms with Gasteiger partial charge in [0.25, 0.3) is 0 Å². The number of nitrogens with one attached hydrogen (secondary N) is 2. The maximum atomic E-state index is 13.9. The van der Waals surface area contributed by atoms with Crippen LogP contribution >= 0.6 is 0 Å². The standard InChI is InChI=1S/C19H19FN4O2/c1-22-19(23-10-14-7-6-13(9-21)8-16(14)20)24-11-15-12-25-17-4-2-3-5-18(17)26-15/h2-8,15H,10-12H2,1H3,(H2,22,23,24). The summed E-state index contributed by atoms with van der Waals surface area (Å²) in [5, 5.41) is 15.0. The van der Waals surface area contributed by atoms with Crippen LogP contribution in [0.2, 0.25) is 0 Å². The van der Waals surface area contributed by atoms with Crippen LogP contribution in [0.3, 0.4) is 0 Å². The van der Waals surface area contributed by atoms with Gasteiger partial charge in [-0.3, -0.25) is 4.99 Å². The summed E-state index contributed by atoms with van der Waals surface area (Å²) >= 11 is 0. The number of para-hydroxylation sites is 2. The van der Waals surface area contributed by atoms with Crippen molar-refractivity contribution in [1.29, 1.82) is 5.26 Å². The van der Waals surface area contributed by atoms with Crippen molar-refractivity contribution in [2.75, 3.05) is 20.2 Å². The molecule has 0 fully saturated rings. The first-order chi connectivity index (χ1) is 12.7. The zero-order valence-electron chi connectivity index (χ0n) is 14.3. The fourth-order valence-corrected chi connectivity index (χ4v) is 2.53. The van der Waals surface area contributed by atoms with Crippen molar-refractivity contribution >= 4 is 5.96 Å². The van der Waals surface area contributed by atoms with E-state index in [2.05, 4.69) is 15.6 Å². The Bertz CT molecular complexity index is 848. The van der Waals surface area contributed by atoms with Gasteiger partial charge in [0.1, 0.15) is 18.5 Å². The van der Waals surface area contributed by atoms with E-state index < -0.39 is 5.82 Å². The van der Waals surface area contributed by atoms with Gasteiger partial charge in [-0.15, -0.1) is 0 Å². The average molecular weight is 354 g/mol. The van der Waals surface area contributed by atoms with Crippen molar-refractivity contribution in [1.82, 2.24) is 10.6 Å². The molecule has 0 spiro atoms. The van der Waals surface area contributed by atoms with E-state index >= 15 is 0 Å². The normalized spacial score (nSPS) is 15.9. The number of nitrogens with zero attached hydrogens (tertiary/aromatic N) is 2. The molecule has 0 aliphatic carbocycles. The molecule has 1 atom stereocenters. The Hall–Kier alpha value is -3.27. The van der Waals surface area contributed by atoms with Crippen LogP contribution in [0.5, 0.6) is 11.5 Å². The average Bonchev–Trinajstić information content (AvgIpc) is 2.68. The summed E-state index contributed by atoms with van der Waals surface area (Å²) in [7, 11) is 1.64. The highest BCUT2D eigenvalue weighted by atomic mass is 19.1. The Kier molecular flexibility index (Phi) is 5.54. The molecule has 134 valence electrons. The molecular weight excluding hydrogens is 335 g/mol. The van der Waals surface area contributed by atoms with Crippen molar-refractivity contribution in [2.24, 2.45) is 4.99 Å². The molecule has 6 nitrogen and oxygen atoms in total. The third-order valence-electron chi connectivity index (χ3n) is 3.92. The quantitative estimate of drug-likeness (QED) is 0.650. The third kappa shape index (κ3) is 4.22. The summed E-state index contributed by atoms with van der Waals surface area (Å²) in [5.74, 6) is 1.56. The van der Waals surface area contributed by atoms with Crippen LogP contribution in [0.4, 0.5) is 4.39 Å². The number of guanidine groups is 1. The zero-order chi connectivity index (χ0) is 18.4. The number of halogens is 1. The Labute approximate surface area is 151 Å². The minimum atomic E-state index is -0.423. The van der Waals surface area contributed by atoms with Crippen molar-refractivity contribution in [2.45, 2.75) is 12.6 Å². The minimum absolute atomic E-state index is 0.157. The first-order valence-corrected chi connectivity index (χ1v) is 8.21. The molecule has 7 heteroatoms. The van der Waals surface area contributed by atoms with E-state index in [0.29, 0.717) is 36.0 Å². The van der Waals surface area contributed by atoms with E-state index in [0.717, 1.165) is 5.75 Å². The number of ether oxygens (including phenoxy) is 2. The smallest absolute Gasteiger partial charge is 0.191 e. The van der Waals surface area contributed by atoms with Crippen LogP contribution < -0.4 is 20.1 Å². The first-order valence-electron chi connectivity index (χ1n) is 8.21. The summed E-state index contributed by atoms with van der Waals surface area (Å²) in [5.41, 5.74) is 0.751. The van der Waals surface area contributed by atoms with E-state index in [4.69, 9.17) is 14.7 Å². The molecule has 0 bridgehead atoms. The second-order valence-corrected chi connectivity index (χ2v) is 5.72. The second-order valence-electron chi connectivity index (χ2n) is 5.72. The van der Waals surface area contributed by atoms with Gasteiger partial charge in [0, 0.05) is 19.2 Å². The molecule has 0 radical (unpaired) electrons. The molecule has 1 unspecified atom stereocenters. The van der Waals surface area contributed by atoms with Crippen molar-refractivity contribution in [3.63, 3.8) is 0 Å². The van der Waals surface area contributed by atoms with Crippen LogP contribution in [0.1, 0.15) is 11.1 Å². The molecule has 1 heterocycles. The largest absolute Gasteiger partial charge is 0.486 e. The molecule has 1 aliphatic rings. The highest BCUT2D eigenvalue weighted by Gasteiger charge is 2.20. The number of benzene rings is 2. The zero-order valence-corrected chi connectivity index (χ0v) is 14.3. The van der Waals surface area contributed by atoms with Crippen molar-refractivity contribution in [3.05, 3.63) is 59.4 Å². The maximum Gasteiger partial charge on any atom is 0.191 e. The predicted molar refractivity (Wildman–Crippen MR) is 95.7 cm³/mol. The Morgan fingerprint density at radius 2 is 2.08 bits per heavy atom. The number of hydrogen-bond acceptors (Lipinski definition) is 4. The lowest BCUT2D eigenvalue weighted by atomic mass is 10.1. The second kappa shape index (κ2) is 8.21. The molecule has 2 aromatic rings. The molecule has 2 N–H and O–H groups in total. The van der Waals surface area contributed by atoms with E-state index in [1.54, 1.807) is 19.2 Å². The summed E-state index contributed by atoms with van der Waals surface area (Å²) in [6.45, 7) is 1.18. The summed E-state index contributed by atoms with van der Waals surface area (Å²) in [6.07, 6.45) is -0.157. The lowest BCUT2D eigenvalue weighted by Gasteiger charge is -2.27. The van der Waals surface area contributed by atoms with Crippen molar-refractivity contribution in [3.8, 4) is 17.6 Å². The van der Waals surface area contributed by atoms with Gasteiger partial charge in [-0.05, 0) is 24.3 Å². The molecule has 1 aliphatic heterocycles. The summed E-state index contributed by atoms with van der Waals surface area (Å²) in [4.78, 5) is 4.12. The summed E-state index contributed by atoms with van der Waals surface area (Å²) in [6, 6.07) is 13.8. The molecular formula is C19H19FN4O2. The topological polar surface area (TPSA) is 78.7 Å². The van der Waals surface area contributed by atoms with Gasteiger partial charge in [0.15, 0.2) is 17.5 Å². The fourth-order valence-electron chi connectivity index (χ4n) is 2.53. The van der Waals surface area contributed by atoms with E-state index in [1.807, 2.05) is 30.3 Å². The third-order valence-corrected chi connectivity index (χ3v) is 3.92. The first kappa shape index (κ1) is 17.5. The van der Waals surface area contributed by atoms with Gasteiger partial charge in [-0.2, -0.15) is 5.26 Å². The maximum absolute atomic E-state index is 13.9. The molecule has 3 rings (SSSR count). The van der Waals surface area contributed by atoms with E-state index in [1.165, 1.54) is 6.07 Å². The highest BCUT2D eigenvalue weighted by molar-refractivity contribution is 5.79. The Morgan fingerprint density at radius 3 is 2.81 bits per heavy atom. The van der Waals surface area contributed by atoms with Crippen LogP contribution in [0.15, 0.2) is 47.5 Å². The van der Waals surface area contributed by atoms with E-state index in [-0.39, 0.29) is 12.6 Å². The Morgan fingerprint density at radius 1 is 1.27 bits per heavy atom. The minimum Gasteiger partial charge on any atom is -0.486 e. The number of rotatable bonds is 4. The number of fused-ring (bicyclic) bond motifs is 1. The van der Waals surface area contributed by atoms with Crippen LogP contribution in [-0.4, -0.2) is 32.3 Å². The van der Waals surface area contributed by atoms with Gasteiger partial charge >= 0.3 is 0 Å². The number of nitriles is 1. The highest BCUT2D eigenvalue weighted by Crippen LogP contribution is 2.30. The van der Waals surface area contributed by atoms with Gasteiger partial charge in [0.2, 0.25) is 0 Å². The van der Waals surface area contributed by atoms with Gasteiger partial charge in [-0.1, -0.05) is 18.2 Å². The van der Waals surface area contributed by atoms with Crippen LogP contribution in [0, 0.1) is 17.1 Å². The number of aliphatic imine (C=N–C) groups is 1. The molecule has 0 aromatic heterocycles. The fraction of sp³-hybridized carbons (Fsp3) is 0.263. The molecule has 26 heavy (non-hydrogen) atoms. The van der Waals surface area contributed by atoms with Crippen LogP contribution in [-0.2, 0) is 6.54 Å². The van der Waals surface area contributed by atoms with E-state index in [9.17, 15) is 4.39 Å². The summed E-state index contributed by atoms with van der Waals surface area (Å²) < 4.78 is 25.5.